The first-order valence-corrected chi connectivity index (χ1v) is 9.67. The molecule has 3 rings (SSSR count). The van der Waals surface area contributed by atoms with Gasteiger partial charge in [-0.3, -0.25) is 0 Å². The Kier molecular flexibility index (Phi) is 7.72. The predicted molar refractivity (Wildman–Crippen MR) is 118 cm³/mol. The number of rotatable bonds is 11. The van der Waals surface area contributed by atoms with Crippen molar-refractivity contribution in [3.05, 3.63) is 48.7 Å². The largest absolute Gasteiger partial charge is 0.494 e. The van der Waals surface area contributed by atoms with Crippen LogP contribution in [0.25, 0.3) is 0 Å². The number of methoxy groups -OCH3 is 3. The van der Waals surface area contributed by atoms with Crippen LogP contribution in [0.2, 0.25) is 0 Å². The lowest BCUT2D eigenvalue weighted by atomic mass is 10.2. The zero-order chi connectivity index (χ0) is 22.1. The molecule has 0 unspecified atom stereocenters. The predicted octanol–water partition coefficient (Wildman–Crippen LogP) is 3.75. The number of aromatic nitrogens is 2. The summed E-state index contributed by atoms with van der Waals surface area (Å²) in [7, 11) is 4.68. The van der Waals surface area contributed by atoms with Gasteiger partial charge in [-0.15, -0.1) is 0 Å². The Morgan fingerprint density at radius 3 is 2.19 bits per heavy atom. The van der Waals surface area contributed by atoms with E-state index in [4.69, 9.17) is 24.1 Å². The molecule has 9 heteroatoms. The van der Waals surface area contributed by atoms with Crippen molar-refractivity contribution in [2.24, 2.45) is 0 Å². The van der Waals surface area contributed by atoms with Gasteiger partial charge >= 0.3 is 0 Å². The molecule has 1 heterocycles. The van der Waals surface area contributed by atoms with Crippen LogP contribution in [-0.4, -0.2) is 49.6 Å². The van der Waals surface area contributed by atoms with Gasteiger partial charge < -0.3 is 34.7 Å². The van der Waals surface area contributed by atoms with Gasteiger partial charge in [0.05, 0.1) is 27.9 Å². The van der Waals surface area contributed by atoms with Crippen molar-refractivity contribution >= 4 is 23.1 Å². The summed E-state index contributed by atoms with van der Waals surface area (Å²) in [4.78, 5) is 8.77. The lowest BCUT2D eigenvalue weighted by molar-refractivity contribution is 0.233. The first-order chi connectivity index (χ1) is 15.2. The van der Waals surface area contributed by atoms with Crippen LogP contribution < -0.4 is 29.6 Å². The lowest BCUT2D eigenvalue weighted by Gasteiger charge is -2.15. The monoisotopic (exact) mass is 426 g/mol. The zero-order valence-corrected chi connectivity index (χ0v) is 17.7. The molecular weight excluding hydrogens is 400 g/mol. The minimum absolute atomic E-state index is 0.111. The summed E-state index contributed by atoms with van der Waals surface area (Å²) in [6.45, 7) is 0.588. The van der Waals surface area contributed by atoms with E-state index in [2.05, 4.69) is 20.6 Å². The Morgan fingerprint density at radius 1 is 0.871 bits per heavy atom. The van der Waals surface area contributed by atoms with Crippen LogP contribution in [0.1, 0.15) is 6.42 Å². The van der Waals surface area contributed by atoms with Crippen molar-refractivity contribution in [3.8, 4) is 23.0 Å². The topological polar surface area (TPSA) is 107 Å². The maximum atomic E-state index is 8.82. The van der Waals surface area contributed by atoms with Crippen LogP contribution >= 0.6 is 0 Å². The zero-order valence-electron chi connectivity index (χ0n) is 17.7. The second kappa shape index (κ2) is 10.9. The summed E-state index contributed by atoms with van der Waals surface area (Å²) in [5, 5.41) is 15.2. The number of benzene rings is 2. The van der Waals surface area contributed by atoms with E-state index in [1.54, 1.807) is 45.7 Å². The Morgan fingerprint density at radius 2 is 1.58 bits per heavy atom. The molecule has 0 atom stereocenters. The molecule has 1 aromatic heterocycles. The molecule has 0 aliphatic rings. The molecule has 3 aromatic rings. The van der Waals surface area contributed by atoms with Crippen LogP contribution in [0.5, 0.6) is 23.0 Å². The van der Waals surface area contributed by atoms with Gasteiger partial charge in [-0.2, -0.15) is 4.98 Å². The molecule has 164 valence electrons. The molecule has 0 spiro atoms. The normalized spacial score (nSPS) is 10.3. The summed E-state index contributed by atoms with van der Waals surface area (Å²) >= 11 is 0. The fraction of sp³-hybridized carbons (Fsp3) is 0.273. The molecule has 3 N–H and O–H groups in total. The molecule has 0 radical (unpaired) electrons. The van der Waals surface area contributed by atoms with Gasteiger partial charge in [0.25, 0.3) is 0 Å². The fourth-order valence-corrected chi connectivity index (χ4v) is 2.81. The van der Waals surface area contributed by atoms with Crippen LogP contribution in [-0.2, 0) is 0 Å². The summed E-state index contributed by atoms with van der Waals surface area (Å²) < 4.78 is 21.6. The van der Waals surface area contributed by atoms with E-state index in [1.807, 2.05) is 24.3 Å². The minimum Gasteiger partial charge on any atom is -0.494 e. The number of aliphatic hydroxyl groups excluding tert-OH is 1. The van der Waals surface area contributed by atoms with Crippen molar-refractivity contribution in [1.82, 2.24) is 9.97 Å². The highest BCUT2D eigenvalue weighted by Gasteiger charge is 2.14. The maximum Gasteiger partial charge on any atom is 0.229 e. The van der Waals surface area contributed by atoms with Crippen LogP contribution in [0.4, 0.5) is 23.1 Å². The van der Waals surface area contributed by atoms with Gasteiger partial charge in [0, 0.05) is 42.7 Å². The van der Waals surface area contributed by atoms with Gasteiger partial charge in [0.15, 0.2) is 11.5 Å². The van der Waals surface area contributed by atoms with E-state index in [0.29, 0.717) is 47.7 Å². The highest BCUT2D eigenvalue weighted by Crippen LogP contribution is 2.40. The van der Waals surface area contributed by atoms with Crippen molar-refractivity contribution in [2.75, 3.05) is 45.2 Å². The standard InChI is InChI=1S/C22H26N4O5/c1-28-18-13-16(14-19(29-2)21(18)30-3)25-22-23-10-9-20(26-22)24-15-5-7-17(8-6-15)31-12-4-11-27/h5-10,13-14,27H,4,11-12H2,1-3H3,(H2,23,24,25,26). The quantitative estimate of drug-likeness (QED) is 0.395. The highest BCUT2D eigenvalue weighted by atomic mass is 16.5. The summed E-state index contributed by atoms with van der Waals surface area (Å²) in [5.41, 5.74) is 1.54. The second-order valence-electron chi connectivity index (χ2n) is 6.38. The molecule has 0 bridgehead atoms. The maximum absolute atomic E-state index is 8.82. The molecule has 0 aliphatic heterocycles. The third-order valence-corrected chi connectivity index (χ3v) is 4.27. The Bertz CT molecular complexity index is 957. The Hall–Kier alpha value is -3.72. The second-order valence-corrected chi connectivity index (χ2v) is 6.38. The fourth-order valence-electron chi connectivity index (χ4n) is 2.81. The molecule has 0 saturated carbocycles. The van der Waals surface area contributed by atoms with Crippen LogP contribution in [0.15, 0.2) is 48.7 Å². The minimum atomic E-state index is 0.111. The van der Waals surface area contributed by atoms with Crippen molar-refractivity contribution in [1.29, 1.82) is 0 Å². The van der Waals surface area contributed by atoms with Gasteiger partial charge in [-0.1, -0.05) is 0 Å². The van der Waals surface area contributed by atoms with E-state index in [-0.39, 0.29) is 6.61 Å². The number of hydrogen-bond donors (Lipinski definition) is 3. The van der Waals surface area contributed by atoms with Crippen molar-refractivity contribution in [3.63, 3.8) is 0 Å². The summed E-state index contributed by atoms with van der Waals surface area (Å²) in [5.74, 6) is 3.34. The molecule has 2 aromatic carbocycles. The summed E-state index contributed by atoms with van der Waals surface area (Å²) in [6, 6.07) is 12.8. The average Bonchev–Trinajstić information content (AvgIpc) is 2.80. The summed E-state index contributed by atoms with van der Waals surface area (Å²) in [6.07, 6.45) is 2.25. The lowest BCUT2D eigenvalue weighted by Crippen LogP contribution is -2.02. The van der Waals surface area contributed by atoms with Crippen LogP contribution in [0.3, 0.4) is 0 Å². The number of nitrogens with one attached hydrogen (secondary N) is 2. The number of aliphatic hydroxyl groups is 1. The smallest absolute Gasteiger partial charge is 0.229 e. The molecule has 0 aliphatic carbocycles. The first-order valence-electron chi connectivity index (χ1n) is 9.67. The Labute approximate surface area is 181 Å². The number of anilines is 4. The number of hydrogen-bond acceptors (Lipinski definition) is 9. The number of nitrogens with zero attached hydrogens (tertiary/aromatic N) is 2. The van der Waals surface area contributed by atoms with Crippen LogP contribution in [0, 0.1) is 0 Å². The van der Waals surface area contributed by atoms with Gasteiger partial charge in [0.2, 0.25) is 11.7 Å². The molecular formula is C22H26N4O5. The van der Waals surface area contributed by atoms with E-state index in [9.17, 15) is 0 Å². The molecule has 0 amide bonds. The highest BCUT2D eigenvalue weighted by molar-refractivity contribution is 5.66. The van der Waals surface area contributed by atoms with Crippen molar-refractivity contribution < 1.29 is 24.1 Å². The number of ether oxygens (including phenoxy) is 4. The third kappa shape index (κ3) is 5.89. The molecule has 0 saturated heterocycles. The van der Waals surface area contributed by atoms with Gasteiger partial charge in [0.1, 0.15) is 11.6 Å². The van der Waals surface area contributed by atoms with Crippen molar-refractivity contribution in [2.45, 2.75) is 6.42 Å². The Balaban J connectivity index is 1.71. The third-order valence-electron chi connectivity index (χ3n) is 4.27. The van der Waals surface area contributed by atoms with E-state index >= 15 is 0 Å². The van der Waals surface area contributed by atoms with E-state index in [1.165, 1.54) is 0 Å². The SMILES string of the molecule is COc1cc(Nc2nccc(Nc3ccc(OCCCO)cc3)n2)cc(OC)c1OC. The van der Waals surface area contributed by atoms with Gasteiger partial charge in [-0.25, -0.2) is 4.98 Å². The molecule has 9 nitrogen and oxygen atoms in total. The van der Waals surface area contributed by atoms with E-state index in [0.717, 1.165) is 11.4 Å². The first kappa shape index (κ1) is 22.0. The molecule has 31 heavy (non-hydrogen) atoms. The average molecular weight is 426 g/mol. The van der Waals surface area contributed by atoms with E-state index < -0.39 is 0 Å². The van der Waals surface area contributed by atoms with Gasteiger partial charge in [-0.05, 0) is 30.3 Å². The molecule has 0 fully saturated rings.